The highest BCUT2D eigenvalue weighted by atomic mass is 35.5. The standard InChI is InChI=1S/C29H28Cl2FN7O2/c1-40-26-15-19(5-12-25(26)41-18-20-6-7-21(30)16-24(20)31)17-33-38-28-35-27(34-23-10-8-22(32)9-11-23)36-29(37-28)39-13-3-2-4-14-39/h5-12,15-17H,2-4,13-14,18H2,1H3,(H2,34,35,36,37,38). The van der Waals surface area contributed by atoms with Crippen LogP contribution in [0.4, 0.5) is 27.9 Å². The van der Waals surface area contributed by atoms with Gasteiger partial charge in [0.1, 0.15) is 12.4 Å². The Kier molecular flexibility index (Phi) is 9.33. The molecule has 0 aliphatic carbocycles. The van der Waals surface area contributed by atoms with E-state index in [4.69, 9.17) is 32.7 Å². The van der Waals surface area contributed by atoms with Gasteiger partial charge in [-0.25, -0.2) is 9.82 Å². The quantitative estimate of drug-likeness (QED) is 0.148. The van der Waals surface area contributed by atoms with Crippen molar-refractivity contribution in [2.75, 3.05) is 35.8 Å². The van der Waals surface area contributed by atoms with Crippen LogP contribution >= 0.6 is 23.2 Å². The second-order valence-corrected chi connectivity index (χ2v) is 10.1. The number of halogens is 3. The number of aromatic nitrogens is 3. The summed E-state index contributed by atoms with van der Waals surface area (Å²) in [5.41, 5.74) is 5.13. The summed E-state index contributed by atoms with van der Waals surface area (Å²) in [6.45, 7) is 1.98. The maximum atomic E-state index is 13.4. The third kappa shape index (κ3) is 7.74. The second kappa shape index (κ2) is 13.5. The molecule has 0 saturated carbocycles. The average Bonchev–Trinajstić information content (AvgIpc) is 2.98. The molecule has 1 aliphatic rings. The minimum absolute atomic E-state index is 0.258. The van der Waals surface area contributed by atoms with Crippen LogP contribution < -0.4 is 25.1 Å². The predicted molar refractivity (Wildman–Crippen MR) is 161 cm³/mol. The fourth-order valence-corrected chi connectivity index (χ4v) is 4.67. The number of hydrazone groups is 1. The van der Waals surface area contributed by atoms with Crippen molar-refractivity contribution in [1.82, 2.24) is 15.0 Å². The van der Waals surface area contributed by atoms with Crippen LogP contribution in [-0.2, 0) is 6.61 Å². The number of piperidine rings is 1. The first-order chi connectivity index (χ1) is 20.0. The van der Waals surface area contributed by atoms with Crippen LogP contribution in [0.3, 0.4) is 0 Å². The van der Waals surface area contributed by atoms with E-state index in [1.807, 2.05) is 12.1 Å². The summed E-state index contributed by atoms with van der Waals surface area (Å²) in [5.74, 6) is 1.92. The van der Waals surface area contributed by atoms with Crippen LogP contribution in [0.5, 0.6) is 11.5 Å². The Hall–Kier alpha value is -4.15. The SMILES string of the molecule is COc1cc(C=NNc2nc(Nc3ccc(F)cc3)nc(N3CCCCC3)n2)ccc1OCc1ccc(Cl)cc1Cl. The number of nitrogens with one attached hydrogen (secondary N) is 2. The molecule has 0 amide bonds. The highest BCUT2D eigenvalue weighted by Gasteiger charge is 2.16. The monoisotopic (exact) mass is 595 g/mol. The van der Waals surface area contributed by atoms with Crippen molar-refractivity contribution in [3.05, 3.63) is 87.7 Å². The van der Waals surface area contributed by atoms with Gasteiger partial charge >= 0.3 is 0 Å². The molecule has 0 unspecified atom stereocenters. The molecule has 12 heteroatoms. The van der Waals surface area contributed by atoms with Crippen LogP contribution in [0.25, 0.3) is 0 Å². The number of hydrogen-bond donors (Lipinski definition) is 2. The number of anilines is 4. The van der Waals surface area contributed by atoms with Crippen LogP contribution in [0.1, 0.15) is 30.4 Å². The molecule has 1 aromatic heterocycles. The Morgan fingerprint density at radius 2 is 1.71 bits per heavy atom. The first kappa shape index (κ1) is 28.4. The van der Waals surface area contributed by atoms with Gasteiger partial charge in [-0.3, -0.25) is 0 Å². The summed E-state index contributed by atoms with van der Waals surface area (Å²) in [5, 5.41) is 8.54. The van der Waals surface area contributed by atoms with Gasteiger partial charge in [-0.15, -0.1) is 0 Å². The lowest BCUT2D eigenvalue weighted by Crippen LogP contribution is -2.31. The van der Waals surface area contributed by atoms with E-state index in [0.717, 1.165) is 37.1 Å². The Morgan fingerprint density at radius 1 is 0.927 bits per heavy atom. The fraction of sp³-hybridized carbons (Fsp3) is 0.241. The van der Waals surface area contributed by atoms with Crippen LogP contribution in [0.15, 0.2) is 65.8 Å². The van der Waals surface area contributed by atoms with Gasteiger partial charge in [0.2, 0.25) is 17.8 Å². The third-order valence-corrected chi connectivity index (χ3v) is 6.91. The van der Waals surface area contributed by atoms with Gasteiger partial charge in [0.15, 0.2) is 11.5 Å². The molecule has 41 heavy (non-hydrogen) atoms. The van der Waals surface area contributed by atoms with E-state index in [-0.39, 0.29) is 18.4 Å². The molecule has 0 radical (unpaired) electrons. The maximum absolute atomic E-state index is 13.4. The predicted octanol–water partition coefficient (Wildman–Crippen LogP) is 7.09. The molecule has 2 N–H and O–H groups in total. The molecular formula is C29H28Cl2FN7O2. The van der Waals surface area contributed by atoms with E-state index in [1.54, 1.807) is 49.7 Å². The number of nitrogens with zero attached hydrogens (tertiary/aromatic N) is 5. The number of rotatable bonds is 10. The van der Waals surface area contributed by atoms with E-state index in [1.165, 1.54) is 18.6 Å². The highest BCUT2D eigenvalue weighted by molar-refractivity contribution is 6.35. The Balaban J connectivity index is 1.29. The van der Waals surface area contributed by atoms with Crippen molar-refractivity contribution >= 4 is 52.9 Å². The molecular weight excluding hydrogens is 568 g/mol. The zero-order valence-electron chi connectivity index (χ0n) is 22.3. The minimum Gasteiger partial charge on any atom is -0.493 e. The molecule has 1 fully saturated rings. The molecule has 2 heterocycles. The van der Waals surface area contributed by atoms with Gasteiger partial charge in [0, 0.05) is 34.4 Å². The molecule has 3 aromatic carbocycles. The lowest BCUT2D eigenvalue weighted by Gasteiger charge is -2.26. The first-order valence-electron chi connectivity index (χ1n) is 13.0. The lowest BCUT2D eigenvalue weighted by atomic mass is 10.1. The van der Waals surface area contributed by atoms with E-state index in [2.05, 4.69) is 35.7 Å². The van der Waals surface area contributed by atoms with E-state index in [9.17, 15) is 4.39 Å². The molecule has 4 aromatic rings. The van der Waals surface area contributed by atoms with E-state index >= 15 is 0 Å². The van der Waals surface area contributed by atoms with Crippen LogP contribution in [-0.4, -0.2) is 41.4 Å². The summed E-state index contributed by atoms with van der Waals surface area (Å²) in [4.78, 5) is 15.7. The third-order valence-electron chi connectivity index (χ3n) is 6.33. The van der Waals surface area contributed by atoms with Crippen molar-refractivity contribution in [3.63, 3.8) is 0 Å². The van der Waals surface area contributed by atoms with Gasteiger partial charge in [-0.1, -0.05) is 29.3 Å². The fourth-order valence-electron chi connectivity index (χ4n) is 4.21. The normalized spacial score (nSPS) is 13.3. The summed E-state index contributed by atoms with van der Waals surface area (Å²) in [6, 6.07) is 16.7. The number of ether oxygens (including phenoxy) is 2. The summed E-state index contributed by atoms with van der Waals surface area (Å²) in [6.07, 6.45) is 4.95. The number of benzene rings is 3. The molecule has 1 saturated heterocycles. The van der Waals surface area contributed by atoms with Crippen molar-refractivity contribution in [3.8, 4) is 11.5 Å². The van der Waals surface area contributed by atoms with Gasteiger partial charge in [-0.05, 0) is 79.4 Å². The summed E-state index contributed by atoms with van der Waals surface area (Å²) < 4.78 is 24.8. The zero-order chi connectivity index (χ0) is 28.6. The number of hydrogen-bond acceptors (Lipinski definition) is 9. The smallest absolute Gasteiger partial charge is 0.250 e. The molecule has 0 spiro atoms. The largest absolute Gasteiger partial charge is 0.493 e. The van der Waals surface area contributed by atoms with Crippen LogP contribution in [0, 0.1) is 5.82 Å². The molecule has 0 bridgehead atoms. The van der Waals surface area contributed by atoms with Gasteiger partial charge in [0.05, 0.1) is 13.3 Å². The Bertz CT molecular complexity index is 1520. The lowest BCUT2D eigenvalue weighted by molar-refractivity contribution is 0.284. The molecule has 9 nitrogen and oxygen atoms in total. The average molecular weight is 596 g/mol. The molecule has 1 aliphatic heterocycles. The minimum atomic E-state index is -0.320. The van der Waals surface area contributed by atoms with E-state index < -0.39 is 0 Å². The summed E-state index contributed by atoms with van der Waals surface area (Å²) >= 11 is 12.2. The second-order valence-electron chi connectivity index (χ2n) is 9.27. The van der Waals surface area contributed by atoms with Crippen molar-refractivity contribution in [2.45, 2.75) is 25.9 Å². The van der Waals surface area contributed by atoms with Crippen molar-refractivity contribution in [1.29, 1.82) is 0 Å². The zero-order valence-corrected chi connectivity index (χ0v) is 23.8. The number of methoxy groups -OCH3 is 1. The van der Waals surface area contributed by atoms with Gasteiger partial charge < -0.3 is 19.7 Å². The summed E-state index contributed by atoms with van der Waals surface area (Å²) in [7, 11) is 1.57. The first-order valence-corrected chi connectivity index (χ1v) is 13.8. The molecule has 5 rings (SSSR count). The van der Waals surface area contributed by atoms with Crippen molar-refractivity contribution in [2.24, 2.45) is 5.10 Å². The maximum Gasteiger partial charge on any atom is 0.250 e. The topological polar surface area (TPSA) is 96.8 Å². The van der Waals surface area contributed by atoms with Gasteiger partial charge in [-0.2, -0.15) is 20.1 Å². The Labute approximate surface area is 247 Å². The van der Waals surface area contributed by atoms with Gasteiger partial charge in [0.25, 0.3) is 0 Å². The van der Waals surface area contributed by atoms with Crippen molar-refractivity contribution < 1.29 is 13.9 Å². The highest BCUT2D eigenvalue weighted by Crippen LogP contribution is 2.30. The van der Waals surface area contributed by atoms with E-state index in [0.29, 0.717) is 39.1 Å². The van der Waals surface area contributed by atoms with Crippen LogP contribution in [0.2, 0.25) is 10.0 Å². The molecule has 212 valence electrons. The Morgan fingerprint density at radius 3 is 2.46 bits per heavy atom. The molecule has 0 atom stereocenters.